The first-order valence-electron chi connectivity index (χ1n) is 8.64. The Morgan fingerprint density at radius 2 is 1.54 bits per heavy atom. The second-order valence-electron chi connectivity index (χ2n) is 7.08. The zero-order chi connectivity index (χ0) is 19.0. The van der Waals surface area contributed by atoms with Gasteiger partial charge in [0.2, 0.25) is 0 Å². The quantitative estimate of drug-likeness (QED) is 0.544. The van der Waals surface area contributed by atoms with Crippen LogP contribution in [-0.2, 0) is 9.47 Å². The zero-order valence-electron chi connectivity index (χ0n) is 16.2. The van der Waals surface area contributed by atoms with Crippen LogP contribution in [0.1, 0.15) is 38.4 Å². The summed E-state index contributed by atoms with van der Waals surface area (Å²) in [6.45, 7) is 5.53. The van der Waals surface area contributed by atoms with E-state index < -0.39 is 6.10 Å². The molecule has 1 fully saturated rings. The van der Waals surface area contributed by atoms with E-state index in [0.717, 1.165) is 5.56 Å². The third kappa shape index (κ3) is 10.3. The average molecular weight is 468 g/mol. The second kappa shape index (κ2) is 13.6. The molecule has 1 N–H and O–H groups in total. The van der Waals surface area contributed by atoms with Gasteiger partial charge >= 0.3 is 23.1 Å². The first kappa shape index (κ1) is 27.4. The number of halogens is 3. The van der Waals surface area contributed by atoms with Crippen molar-refractivity contribution in [3.63, 3.8) is 0 Å². The van der Waals surface area contributed by atoms with E-state index in [0.29, 0.717) is 26.1 Å². The summed E-state index contributed by atoms with van der Waals surface area (Å²) in [4.78, 5) is 0. The Balaban J connectivity index is 0.000000690. The van der Waals surface area contributed by atoms with Crippen molar-refractivity contribution < 1.29 is 40.3 Å². The molecule has 0 spiro atoms. The van der Waals surface area contributed by atoms with Crippen LogP contribution >= 0.6 is 0 Å². The Labute approximate surface area is 192 Å². The SMILES string of the molecule is CC1(C)COC(CCC(O)c2ccc(F)cc2)OC1.Fc1cc[c-]cc1.[Br-].[Mg+2]. The number of aliphatic hydroxyl groups is 1. The molecule has 0 radical (unpaired) electrons. The number of hydrogen-bond acceptors (Lipinski definition) is 3. The van der Waals surface area contributed by atoms with E-state index in [1.54, 1.807) is 12.1 Å². The fraction of sp³-hybridized carbons (Fsp3) is 0.429. The van der Waals surface area contributed by atoms with Gasteiger partial charge in [0.15, 0.2) is 6.29 Å². The van der Waals surface area contributed by atoms with Crippen molar-refractivity contribution in [2.24, 2.45) is 5.41 Å². The summed E-state index contributed by atoms with van der Waals surface area (Å²) in [6, 6.07) is 14.4. The normalized spacial score (nSPS) is 16.6. The van der Waals surface area contributed by atoms with E-state index in [1.807, 2.05) is 0 Å². The zero-order valence-corrected chi connectivity index (χ0v) is 19.2. The van der Waals surface area contributed by atoms with Crippen LogP contribution in [0.15, 0.2) is 48.5 Å². The number of aliphatic hydroxyl groups excluding tert-OH is 1. The van der Waals surface area contributed by atoms with Gasteiger partial charge in [0.05, 0.1) is 19.3 Å². The number of ether oxygens (including phenoxy) is 2. The Kier molecular flexibility index (Phi) is 13.3. The van der Waals surface area contributed by atoms with Crippen molar-refractivity contribution in [3.05, 3.63) is 71.8 Å². The molecule has 0 aromatic heterocycles. The van der Waals surface area contributed by atoms with Gasteiger partial charge in [-0.25, -0.2) is 8.78 Å². The summed E-state index contributed by atoms with van der Waals surface area (Å²) in [5.74, 6) is -0.504. The van der Waals surface area contributed by atoms with E-state index in [9.17, 15) is 13.9 Å². The van der Waals surface area contributed by atoms with Gasteiger partial charge in [-0.3, -0.25) is 0 Å². The molecule has 150 valence electrons. The molecule has 0 amide bonds. The van der Waals surface area contributed by atoms with Gasteiger partial charge in [-0.05, 0) is 24.1 Å². The largest absolute Gasteiger partial charge is 2.00 e. The molecule has 1 aliphatic heterocycles. The monoisotopic (exact) mass is 466 g/mol. The molecule has 2 aromatic carbocycles. The molecular weight excluding hydrogens is 442 g/mol. The van der Waals surface area contributed by atoms with Crippen molar-refractivity contribution in [1.29, 1.82) is 0 Å². The minimum Gasteiger partial charge on any atom is -1.00 e. The van der Waals surface area contributed by atoms with E-state index in [-0.39, 0.29) is 63.4 Å². The van der Waals surface area contributed by atoms with Crippen LogP contribution in [0.2, 0.25) is 0 Å². The number of rotatable bonds is 4. The van der Waals surface area contributed by atoms with E-state index in [2.05, 4.69) is 19.9 Å². The number of benzene rings is 2. The van der Waals surface area contributed by atoms with Crippen LogP contribution in [-0.4, -0.2) is 47.7 Å². The van der Waals surface area contributed by atoms with Gasteiger partial charge in [0, 0.05) is 17.7 Å². The van der Waals surface area contributed by atoms with Crippen molar-refractivity contribution in [3.8, 4) is 0 Å². The summed E-state index contributed by atoms with van der Waals surface area (Å²) in [5.41, 5.74) is 0.782. The molecular formula is C21H25BrF2MgO3. The van der Waals surface area contributed by atoms with Gasteiger partial charge in [0.25, 0.3) is 0 Å². The van der Waals surface area contributed by atoms with Crippen molar-refractivity contribution in [1.82, 2.24) is 0 Å². The Morgan fingerprint density at radius 1 is 1.04 bits per heavy atom. The molecule has 1 saturated heterocycles. The van der Waals surface area contributed by atoms with E-state index in [1.165, 1.54) is 36.4 Å². The fourth-order valence-electron chi connectivity index (χ4n) is 2.41. The molecule has 1 unspecified atom stereocenters. The molecule has 0 bridgehead atoms. The maximum Gasteiger partial charge on any atom is 2.00 e. The summed E-state index contributed by atoms with van der Waals surface area (Å²) in [7, 11) is 0. The van der Waals surface area contributed by atoms with Crippen LogP contribution in [0, 0.1) is 23.1 Å². The Hall–Kier alpha value is -0.574. The Morgan fingerprint density at radius 3 is 2.00 bits per heavy atom. The van der Waals surface area contributed by atoms with Crippen LogP contribution in [0.3, 0.4) is 0 Å². The van der Waals surface area contributed by atoms with Gasteiger partial charge in [-0.2, -0.15) is 18.2 Å². The molecule has 2 aromatic rings. The smallest absolute Gasteiger partial charge is 1.00 e. The molecule has 7 heteroatoms. The third-order valence-electron chi connectivity index (χ3n) is 3.93. The van der Waals surface area contributed by atoms with Gasteiger partial charge in [0.1, 0.15) is 5.82 Å². The summed E-state index contributed by atoms with van der Waals surface area (Å²) < 4.78 is 35.9. The van der Waals surface area contributed by atoms with Crippen LogP contribution < -0.4 is 17.0 Å². The fourth-order valence-corrected chi connectivity index (χ4v) is 2.41. The Bertz CT molecular complexity index is 646. The molecule has 3 rings (SSSR count). The van der Waals surface area contributed by atoms with E-state index in [4.69, 9.17) is 9.47 Å². The van der Waals surface area contributed by atoms with Gasteiger partial charge < -0.3 is 31.6 Å². The molecule has 1 atom stereocenters. The standard InChI is InChI=1S/C15H21FO3.C6H4F.BrH.Mg/c1-15(2)9-18-14(19-10-15)8-7-13(17)11-3-5-12(16)6-4-11;7-6-4-2-1-3-5-6;;/h3-6,13-14,17H,7-10H2,1-2H3;2-5H;1H;/q;-1;;+2/p-1. The predicted molar refractivity (Wildman–Crippen MR) is 101 cm³/mol. The summed E-state index contributed by atoms with van der Waals surface area (Å²) >= 11 is 0. The predicted octanol–water partition coefficient (Wildman–Crippen LogP) is 1.29. The van der Waals surface area contributed by atoms with Gasteiger partial charge in [-0.1, -0.05) is 26.0 Å². The summed E-state index contributed by atoms with van der Waals surface area (Å²) in [5, 5.41) is 10.0. The van der Waals surface area contributed by atoms with Crippen LogP contribution in [0.25, 0.3) is 0 Å². The molecule has 3 nitrogen and oxygen atoms in total. The van der Waals surface area contributed by atoms with Crippen LogP contribution in [0.5, 0.6) is 0 Å². The minimum atomic E-state index is -0.609. The van der Waals surface area contributed by atoms with Crippen molar-refractivity contribution in [2.45, 2.75) is 39.1 Å². The molecule has 0 aliphatic carbocycles. The maximum atomic E-state index is 12.8. The maximum absolute atomic E-state index is 12.8. The van der Waals surface area contributed by atoms with Crippen LogP contribution in [0.4, 0.5) is 8.78 Å². The van der Waals surface area contributed by atoms with E-state index >= 15 is 0 Å². The van der Waals surface area contributed by atoms with Crippen molar-refractivity contribution in [2.75, 3.05) is 13.2 Å². The molecule has 28 heavy (non-hydrogen) atoms. The third-order valence-corrected chi connectivity index (χ3v) is 3.93. The topological polar surface area (TPSA) is 38.7 Å². The average Bonchev–Trinajstić information content (AvgIpc) is 2.62. The van der Waals surface area contributed by atoms with Crippen molar-refractivity contribution >= 4 is 23.1 Å². The first-order chi connectivity index (χ1) is 12.4. The molecule has 1 aliphatic rings. The summed E-state index contributed by atoms with van der Waals surface area (Å²) in [6.07, 6.45) is 0.316. The number of hydrogen-bond donors (Lipinski definition) is 1. The van der Waals surface area contributed by atoms with Gasteiger partial charge in [-0.15, -0.1) is 12.1 Å². The molecule has 0 saturated carbocycles. The molecule has 1 heterocycles. The minimum absolute atomic E-state index is 0. The second-order valence-corrected chi connectivity index (χ2v) is 7.08. The first-order valence-corrected chi connectivity index (χ1v) is 8.64.